The van der Waals surface area contributed by atoms with Crippen LogP contribution in [0.4, 0.5) is 0 Å². The van der Waals surface area contributed by atoms with Gasteiger partial charge in [-0.05, 0) is 30.5 Å². The van der Waals surface area contributed by atoms with Gasteiger partial charge in [0.1, 0.15) is 0 Å². The Balaban J connectivity index is 1.91. The van der Waals surface area contributed by atoms with E-state index in [0.717, 1.165) is 35.7 Å². The highest BCUT2D eigenvalue weighted by Gasteiger charge is 2.38. The summed E-state index contributed by atoms with van der Waals surface area (Å²) in [5.41, 5.74) is 0.783. The van der Waals surface area contributed by atoms with Gasteiger partial charge in [0, 0.05) is 20.6 Å². The molecule has 0 bridgehead atoms. The molecule has 1 aliphatic carbocycles. The van der Waals surface area contributed by atoms with E-state index in [1.807, 2.05) is 24.3 Å². The molecule has 1 aliphatic rings. The minimum absolute atomic E-state index is 0.0158. The number of benzene rings is 1. The summed E-state index contributed by atoms with van der Waals surface area (Å²) in [7, 11) is 1.95. The van der Waals surface area contributed by atoms with Gasteiger partial charge in [-0.2, -0.15) is 0 Å². The van der Waals surface area contributed by atoms with E-state index in [0.29, 0.717) is 13.2 Å². The van der Waals surface area contributed by atoms with Crippen LogP contribution in [0.5, 0.6) is 0 Å². The molecular formula is C14H18BrClO3S. The van der Waals surface area contributed by atoms with E-state index in [1.54, 1.807) is 0 Å². The minimum Gasteiger partial charge on any atom is -0.376 e. The highest BCUT2D eigenvalue weighted by molar-refractivity contribution is 9.10. The standard InChI is InChI=1S/C14H18BrClO3S/c15-13-5-3-12(4-6-13)9-19-10-14(7-1-2-8-14)11-20(16,17)18/h3-6H,1-2,7-11H2. The first-order valence-corrected chi connectivity index (χ1v) is 9.90. The van der Waals surface area contributed by atoms with Crippen molar-refractivity contribution in [3.05, 3.63) is 34.3 Å². The third-order valence-corrected chi connectivity index (χ3v) is 5.55. The predicted octanol–water partition coefficient (Wildman–Crippen LogP) is 4.09. The van der Waals surface area contributed by atoms with Crippen LogP contribution in [-0.2, 0) is 20.4 Å². The smallest absolute Gasteiger partial charge is 0.233 e. The van der Waals surface area contributed by atoms with Gasteiger partial charge in [-0.15, -0.1) is 0 Å². The molecule has 0 saturated heterocycles. The summed E-state index contributed by atoms with van der Waals surface area (Å²) in [6.45, 7) is 0.951. The van der Waals surface area contributed by atoms with E-state index in [1.165, 1.54) is 0 Å². The average Bonchev–Trinajstić information content (AvgIpc) is 2.78. The lowest BCUT2D eigenvalue weighted by Gasteiger charge is -2.27. The summed E-state index contributed by atoms with van der Waals surface area (Å²) in [5, 5.41) is 0. The molecule has 1 aromatic carbocycles. The molecule has 1 fully saturated rings. The molecule has 0 amide bonds. The maximum Gasteiger partial charge on any atom is 0.233 e. The van der Waals surface area contributed by atoms with Crippen molar-refractivity contribution in [3.8, 4) is 0 Å². The molecule has 6 heteroatoms. The molecule has 3 nitrogen and oxygen atoms in total. The van der Waals surface area contributed by atoms with E-state index in [2.05, 4.69) is 15.9 Å². The monoisotopic (exact) mass is 380 g/mol. The zero-order chi connectivity index (χ0) is 14.6. The fraction of sp³-hybridized carbons (Fsp3) is 0.571. The summed E-state index contributed by atoms with van der Waals surface area (Å²) in [5.74, 6) is 0.0158. The lowest BCUT2D eigenvalue weighted by Crippen LogP contribution is -2.30. The molecule has 1 saturated carbocycles. The normalized spacial score (nSPS) is 18.3. The highest BCUT2D eigenvalue weighted by atomic mass is 79.9. The average molecular weight is 382 g/mol. The summed E-state index contributed by atoms with van der Waals surface area (Å²) < 4.78 is 29.5. The van der Waals surface area contributed by atoms with Gasteiger partial charge in [0.25, 0.3) is 0 Å². The summed E-state index contributed by atoms with van der Waals surface area (Å²) in [6, 6.07) is 7.91. The van der Waals surface area contributed by atoms with Crippen LogP contribution in [0.1, 0.15) is 31.2 Å². The van der Waals surface area contributed by atoms with Crippen molar-refractivity contribution in [1.82, 2.24) is 0 Å². The SMILES string of the molecule is O=S(=O)(Cl)CC1(COCc2ccc(Br)cc2)CCCC1. The molecule has 0 radical (unpaired) electrons. The molecule has 0 unspecified atom stereocenters. The third kappa shape index (κ3) is 5.02. The van der Waals surface area contributed by atoms with E-state index in [9.17, 15) is 8.42 Å². The van der Waals surface area contributed by atoms with Crippen molar-refractivity contribution >= 4 is 35.7 Å². The zero-order valence-corrected chi connectivity index (χ0v) is 14.3. The van der Waals surface area contributed by atoms with Gasteiger partial charge in [-0.3, -0.25) is 0 Å². The summed E-state index contributed by atoms with van der Waals surface area (Å²) in [4.78, 5) is 0. The maximum absolute atomic E-state index is 11.4. The van der Waals surface area contributed by atoms with Crippen molar-refractivity contribution < 1.29 is 13.2 Å². The number of rotatable bonds is 6. The number of hydrogen-bond donors (Lipinski definition) is 0. The topological polar surface area (TPSA) is 43.4 Å². The molecule has 20 heavy (non-hydrogen) atoms. The largest absolute Gasteiger partial charge is 0.376 e. The summed E-state index contributed by atoms with van der Waals surface area (Å²) in [6.07, 6.45) is 3.85. The van der Waals surface area contributed by atoms with Gasteiger partial charge in [-0.1, -0.05) is 40.9 Å². The predicted molar refractivity (Wildman–Crippen MR) is 84.3 cm³/mol. The van der Waals surface area contributed by atoms with Gasteiger partial charge < -0.3 is 4.74 Å². The molecule has 0 heterocycles. The molecule has 0 N–H and O–H groups in total. The molecule has 0 aliphatic heterocycles. The van der Waals surface area contributed by atoms with Crippen molar-refractivity contribution in [2.24, 2.45) is 5.41 Å². The third-order valence-electron chi connectivity index (χ3n) is 3.73. The number of ether oxygens (including phenoxy) is 1. The van der Waals surface area contributed by atoms with Crippen LogP contribution in [-0.4, -0.2) is 20.8 Å². The van der Waals surface area contributed by atoms with Crippen LogP contribution in [0.3, 0.4) is 0 Å². The Labute approximate surface area is 133 Å². The molecule has 1 aromatic rings. The van der Waals surface area contributed by atoms with E-state index in [4.69, 9.17) is 15.4 Å². The molecule has 2 rings (SSSR count). The van der Waals surface area contributed by atoms with Crippen LogP contribution in [0.25, 0.3) is 0 Å². The quantitative estimate of drug-likeness (QED) is 0.697. The molecule has 112 valence electrons. The Morgan fingerprint density at radius 2 is 1.80 bits per heavy atom. The maximum atomic E-state index is 11.4. The fourth-order valence-electron chi connectivity index (χ4n) is 2.79. The van der Waals surface area contributed by atoms with Crippen LogP contribution < -0.4 is 0 Å². The summed E-state index contributed by atoms with van der Waals surface area (Å²) >= 11 is 3.39. The first kappa shape index (κ1) is 16.3. The number of halogens is 2. The van der Waals surface area contributed by atoms with Crippen molar-refractivity contribution in [2.75, 3.05) is 12.4 Å². The molecule has 0 aromatic heterocycles. The van der Waals surface area contributed by atoms with Crippen molar-refractivity contribution in [2.45, 2.75) is 32.3 Å². The lowest BCUT2D eigenvalue weighted by atomic mass is 9.90. The van der Waals surface area contributed by atoms with Gasteiger partial charge >= 0.3 is 0 Å². The first-order valence-electron chi connectivity index (χ1n) is 6.63. The second-order valence-electron chi connectivity index (χ2n) is 5.51. The number of hydrogen-bond acceptors (Lipinski definition) is 3. The zero-order valence-electron chi connectivity index (χ0n) is 11.1. The Hall–Kier alpha value is -0.100. The van der Waals surface area contributed by atoms with Gasteiger partial charge in [0.2, 0.25) is 9.05 Å². The Kier molecular flexibility index (Phi) is 5.51. The van der Waals surface area contributed by atoms with Gasteiger partial charge in [0.15, 0.2) is 0 Å². The molecular weight excluding hydrogens is 364 g/mol. The first-order chi connectivity index (χ1) is 9.39. The van der Waals surface area contributed by atoms with Crippen molar-refractivity contribution in [1.29, 1.82) is 0 Å². The van der Waals surface area contributed by atoms with Crippen LogP contribution in [0, 0.1) is 5.41 Å². The van der Waals surface area contributed by atoms with Crippen LogP contribution in [0.15, 0.2) is 28.7 Å². The van der Waals surface area contributed by atoms with Crippen molar-refractivity contribution in [3.63, 3.8) is 0 Å². The van der Waals surface area contributed by atoms with Crippen LogP contribution >= 0.6 is 26.6 Å². The Morgan fingerprint density at radius 3 is 2.35 bits per heavy atom. The second-order valence-corrected chi connectivity index (χ2v) is 9.20. The fourth-order valence-corrected chi connectivity index (χ4v) is 4.85. The van der Waals surface area contributed by atoms with E-state index < -0.39 is 9.05 Å². The van der Waals surface area contributed by atoms with Gasteiger partial charge in [-0.25, -0.2) is 8.42 Å². The van der Waals surface area contributed by atoms with E-state index >= 15 is 0 Å². The second kappa shape index (κ2) is 6.77. The Morgan fingerprint density at radius 1 is 1.20 bits per heavy atom. The Bertz CT molecular complexity index is 536. The van der Waals surface area contributed by atoms with E-state index in [-0.39, 0.29) is 11.2 Å². The highest BCUT2D eigenvalue weighted by Crippen LogP contribution is 2.40. The molecule has 0 atom stereocenters. The minimum atomic E-state index is -3.48. The molecule has 0 spiro atoms. The van der Waals surface area contributed by atoms with Crippen LogP contribution in [0.2, 0.25) is 0 Å². The lowest BCUT2D eigenvalue weighted by molar-refractivity contribution is 0.0474. The van der Waals surface area contributed by atoms with Gasteiger partial charge in [0.05, 0.1) is 19.0 Å².